The second-order valence-electron chi connectivity index (χ2n) is 7.21. The minimum Gasteiger partial charge on any atom is -0.455 e. The molecule has 0 radical (unpaired) electrons. The van der Waals surface area contributed by atoms with Gasteiger partial charge in [-0.3, -0.25) is 0 Å². The molecule has 0 aliphatic carbocycles. The van der Waals surface area contributed by atoms with Crippen molar-refractivity contribution in [3.05, 3.63) is 95.9 Å². The van der Waals surface area contributed by atoms with Crippen LogP contribution in [0, 0.1) is 13.5 Å². The smallest absolute Gasteiger partial charge is 0.216 e. The number of hydrogen-bond acceptors (Lipinski definition) is 1. The number of fused-ring (bicyclic) bond motifs is 3. The summed E-state index contributed by atoms with van der Waals surface area (Å²) in [6.07, 6.45) is 1.89. The third kappa shape index (κ3) is 2.69. The molecule has 0 atom stereocenters. The van der Waals surface area contributed by atoms with Gasteiger partial charge in [0, 0.05) is 28.5 Å². The number of rotatable bonds is 2. The Morgan fingerprint density at radius 3 is 2.59 bits per heavy atom. The molecule has 5 rings (SSSR count). The molecule has 3 aromatic carbocycles. The van der Waals surface area contributed by atoms with E-state index in [0.29, 0.717) is 11.7 Å². The second kappa shape index (κ2) is 6.61. The minimum absolute atomic E-state index is 0.455. The SMILES string of the molecule is [2H]c1cc[n+](C)c(-c2c(C)ccc3c2oc2c(-c4ccccc4)cc([N+]#[C-])cc23)c1. The van der Waals surface area contributed by atoms with Crippen molar-refractivity contribution in [2.24, 2.45) is 7.05 Å². The molecule has 0 amide bonds. The Bertz CT molecular complexity index is 1480. The quantitative estimate of drug-likeness (QED) is 0.251. The molecule has 0 aliphatic rings. The first-order chi connectivity index (χ1) is 14.6. The van der Waals surface area contributed by atoms with E-state index in [9.17, 15) is 0 Å². The summed E-state index contributed by atoms with van der Waals surface area (Å²) < 4.78 is 16.6. The van der Waals surface area contributed by atoms with Crippen LogP contribution in [0.15, 0.2) is 83.4 Å². The lowest BCUT2D eigenvalue weighted by atomic mass is 9.98. The van der Waals surface area contributed by atoms with Crippen molar-refractivity contribution < 1.29 is 10.4 Å². The van der Waals surface area contributed by atoms with Gasteiger partial charge in [0.15, 0.2) is 11.9 Å². The van der Waals surface area contributed by atoms with Gasteiger partial charge in [-0.05, 0) is 36.2 Å². The maximum absolute atomic E-state index is 8.09. The molecule has 2 heterocycles. The van der Waals surface area contributed by atoms with Gasteiger partial charge in [-0.2, -0.15) is 0 Å². The molecule has 2 aromatic heterocycles. The van der Waals surface area contributed by atoms with Crippen molar-refractivity contribution in [2.75, 3.05) is 0 Å². The van der Waals surface area contributed by atoms with Gasteiger partial charge in [0.1, 0.15) is 18.2 Å². The zero-order valence-electron chi connectivity index (χ0n) is 17.2. The number of aromatic nitrogens is 1. The van der Waals surface area contributed by atoms with E-state index in [4.69, 9.17) is 12.4 Å². The summed E-state index contributed by atoms with van der Waals surface area (Å²) in [6.45, 7) is 9.63. The van der Waals surface area contributed by atoms with Gasteiger partial charge in [0.25, 0.3) is 0 Å². The predicted molar refractivity (Wildman–Crippen MR) is 117 cm³/mol. The zero-order valence-corrected chi connectivity index (χ0v) is 16.2. The largest absolute Gasteiger partial charge is 0.455 e. The Labute approximate surface area is 170 Å². The Hall–Kier alpha value is -3.90. The second-order valence-corrected chi connectivity index (χ2v) is 7.21. The van der Waals surface area contributed by atoms with Crippen LogP contribution < -0.4 is 4.57 Å². The Balaban J connectivity index is 1.93. The number of hydrogen-bond donors (Lipinski definition) is 0. The summed E-state index contributed by atoms with van der Waals surface area (Å²) in [5.74, 6) is 0. The maximum Gasteiger partial charge on any atom is 0.216 e. The van der Waals surface area contributed by atoms with Crippen molar-refractivity contribution in [2.45, 2.75) is 6.92 Å². The first-order valence-electron chi connectivity index (χ1n) is 9.96. The van der Waals surface area contributed by atoms with Crippen molar-refractivity contribution in [3.8, 4) is 22.4 Å². The molecule has 0 bridgehead atoms. The van der Waals surface area contributed by atoms with Gasteiger partial charge < -0.3 is 4.42 Å². The molecule has 29 heavy (non-hydrogen) atoms. The van der Waals surface area contributed by atoms with E-state index in [1.807, 2.05) is 66.3 Å². The predicted octanol–water partition coefficient (Wildman–Crippen LogP) is 6.60. The molecular formula is C26H19N2O+. The Morgan fingerprint density at radius 2 is 1.79 bits per heavy atom. The molecule has 3 heteroatoms. The number of benzene rings is 3. The van der Waals surface area contributed by atoms with Crippen LogP contribution in [0.1, 0.15) is 6.93 Å². The van der Waals surface area contributed by atoms with Crippen molar-refractivity contribution in [1.29, 1.82) is 0 Å². The molecule has 0 fully saturated rings. The van der Waals surface area contributed by atoms with Crippen LogP contribution in [0.2, 0.25) is 0 Å². The van der Waals surface area contributed by atoms with Crippen LogP contribution in [-0.4, -0.2) is 0 Å². The monoisotopic (exact) mass is 376 g/mol. The fraction of sp³-hybridized carbons (Fsp3) is 0.0769. The van der Waals surface area contributed by atoms with E-state index in [0.717, 1.165) is 49.9 Å². The van der Waals surface area contributed by atoms with Gasteiger partial charge in [0.05, 0.1) is 13.5 Å². The van der Waals surface area contributed by atoms with Crippen LogP contribution in [-0.2, 0) is 7.05 Å². The van der Waals surface area contributed by atoms with Gasteiger partial charge in [-0.25, -0.2) is 9.41 Å². The van der Waals surface area contributed by atoms with Crippen LogP contribution in [0.25, 0.3) is 49.2 Å². The summed E-state index contributed by atoms with van der Waals surface area (Å²) in [5.41, 5.74) is 7.06. The summed E-state index contributed by atoms with van der Waals surface area (Å²) in [7, 11) is 1.97. The zero-order chi connectivity index (χ0) is 20.8. The maximum atomic E-state index is 8.09. The number of aryl methyl sites for hydroxylation is 2. The summed E-state index contributed by atoms with van der Waals surface area (Å²) in [4.78, 5) is 3.70. The van der Waals surface area contributed by atoms with E-state index in [1.54, 1.807) is 6.07 Å². The molecule has 0 saturated heterocycles. The molecule has 0 unspecified atom stereocenters. The Kier molecular flexibility index (Phi) is 3.67. The highest BCUT2D eigenvalue weighted by Crippen LogP contribution is 2.42. The van der Waals surface area contributed by atoms with Crippen LogP contribution in [0.5, 0.6) is 0 Å². The average Bonchev–Trinajstić information content (AvgIpc) is 3.14. The van der Waals surface area contributed by atoms with E-state index in [-0.39, 0.29) is 0 Å². The molecule has 0 saturated carbocycles. The van der Waals surface area contributed by atoms with Crippen molar-refractivity contribution in [1.82, 2.24) is 0 Å². The normalized spacial score (nSPS) is 11.6. The Morgan fingerprint density at radius 1 is 0.966 bits per heavy atom. The highest BCUT2D eigenvalue weighted by Gasteiger charge is 2.21. The summed E-state index contributed by atoms with van der Waals surface area (Å²) >= 11 is 0. The lowest BCUT2D eigenvalue weighted by molar-refractivity contribution is -0.660. The summed E-state index contributed by atoms with van der Waals surface area (Å²) in [5, 5.41) is 1.91. The number of nitrogens with zero attached hydrogens (tertiary/aromatic N) is 2. The highest BCUT2D eigenvalue weighted by molar-refractivity contribution is 6.14. The van der Waals surface area contributed by atoms with Crippen molar-refractivity contribution in [3.63, 3.8) is 0 Å². The molecule has 138 valence electrons. The van der Waals surface area contributed by atoms with Crippen LogP contribution in [0.4, 0.5) is 5.69 Å². The summed E-state index contributed by atoms with van der Waals surface area (Å²) in [6, 6.07) is 22.0. The first-order valence-corrected chi connectivity index (χ1v) is 9.46. The minimum atomic E-state index is 0.455. The lowest BCUT2D eigenvalue weighted by Crippen LogP contribution is -2.30. The van der Waals surface area contributed by atoms with Gasteiger partial charge in [0.2, 0.25) is 5.69 Å². The highest BCUT2D eigenvalue weighted by atomic mass is 16.3. The molecular weight excluding hydrogens is 356 g/mol. The molecule has 0 N–H and O–H groups in total. The van der Waals surface area contributed by atoms with Gasteiger partial charge in [-0.1, -0.05) is 42.5 Å². The average molecular weight is 376 g/mol. The van der Waals surface area contributed by atoms with Crippen LogP contribution in [0.3, 0.4) is 0 Å². The third-order valence-corrected chi connectivity index (χ3v) is 5.40. The fourth-order valence-corrected chi connectivity index (χ4v) is 3.95. The van der Waals surface area contributed by atoms with Gasteiger partial charge in [-0.15, -0.1) is 0 Å². The molecule has 3 nitrogen and oxygen atoms in total. The number of furan rings is 1. The fourth-order valence-electron chi connectivity index (χ4n) is 3.95. The van der Waals surface area contributed by atoms with Crippen molar-refractivity contribution >= 4 is 27.6 Å². The van der Waals surface area contributed by atoms with E-state index >= 15 is 0 Å². The van der Waals surface area contributed by atoms with E-state index in [2.05, 4.69) is 23.9 Å². The topological polar surface area (TPSA) is 21.4 Å². The van der Waals surface area contributed by atoms with Crippen LogP contribution >= 0.6 is 0 Å². The molecule has 0 spiro atoms. The standard InChI is InChI=1S/C26H19N2O/c1-17-12-13-20-22-16-19(27-2)15-21(18-9-5-4-6-10-18)25(22)29-26(20)24(17)23-11-7-8-14-28(23)3/h4-16H,1,3H3/q+1/i7D. The van der Waals surface area contributed by atoms with Gasteiger partial charge >= 0.3 is 0 Å². The first kappa shape index (κ1) is 16.1. The molecule has 0 aliphatic heterocycles. The van der Waals surface area contributed by atoms with E-state index in [1.165, 1.54) is 0 Å². The molecule has 5 aromatic rings. The van der Waals surface area contributed by atoms with E-state index < -0.39 is 0 Å². The third-order valence-electron chi connectivity index (χ3n) is 5.40. The lowest BCUT2D eigenvalue weighted by Gasteiger charge is -2.05. The number of pyridine rings is 1.